The summed E-state index contributed by atoms with van der Waals surface area (Å²) >= 11 is 0. The van der Waals surface area contributed by atoms with E-state index in [1.807, 2.05) is 37.3 Å². The Morgan fingerprint density at radius 3 is 2.17 bits per heavy atom. The molecule has 29 heavy (non-hydrogen) atoms. The van der Waals surface area contributed by atoms with E-state index in [1.165, 1.54) is 0 Å². The second-order valence-corrected chi connectivity index (χ2v) is 9.99. The molecule has 1 heterocycles. The smallest absolute Gasteiger partial charge is 0.218 e. The maximum atomic E-state index is 13.3. The molecule has 5 nitrogen and oxygen atoms in total. The second-order valence-electron chi connectivity index (χ2n) is 8.07. The van der Waals surface area contributed by atoms with Gasteiger partial charge >= 0.3 is 0 Å². The Hall–Kier alpha value is -1.89. The van der Waals surface area contributed by atoms with Gasteiger partial charge in [0, 0.05) is 31.4 Å². The highest BCUT2D eigenvalue weighted by Gasteiger charge is 2.29. The third kappa shape index (κ3) is 5.81. The molecule has 0 amide bonds. The van der Waals surface area contributed by atoms with Gasteiger partial charge in [0.2, 0.25) is 10.0 Å². The number of nitrogens with zero attached hydrogens (tertiary/aromatic N) is 2. The summed E-state index contributed by atoms with van der Waals surface area (Å²) in [4.78, 5) is 2.30. The molecule has 2 aromatic carbocycles. The molecule has 0 radical (unpaired) electrons. The second kappa shape index (κ2) is 9.74. The molecule has 1 atom stereocenters. The van der Waals surface area contributed by atoms with E-state index in [0.29, 0.717) is 6.54 Å². The van der Waals surface area contributed by atoms with Gasteiger partial charge < -0.3 is 9.64 Å². The number of ether oxygens (including phenoxy) is 1. The average molecular weight is 417 g/mol. The van der Waals surface area contributed by atoms with Crippen LogP contribution in [0.15, 0.2) is 54.6 Å². The molecule has 1 saturated heterocycles. The lowest BCUT2D eigenvalue weighted by Crippen LogP contribution is -2.37. The summed E-state index contributed by atoms with van der Waals surface area (Å²) in [5.74, 6) is 0.271. The van der Waals surface area contributed by atoms with Crippen molar-refractivity contribution in [2.45, 2.75) is 32.6 Å². The largest absolute Gasteiger partial charge is 0.378 e. The predicted molar refractivity (Wildman–Crippen MR) is 118 cm³/mol. The molecule has 0 spiro atoms. The molecule has 1 fully saturated rings. The van der Waals surface area contributed by atoms with Gasteiger partial charge in [0.15, 0.2) is 0 Å². The summed E-state index contributed by atoms with van der Waals surface area (Å²) in [6.07, 6.45) is 0. The van der Waals surface area contributed by atoms with Crippen LogP contribution in [0.5, 0.6) is 0 Å². The number of benzene rings is 2. The molecule has 158 valence electrons. The van der Waals surface area contributed by atoms with Gasteiger partial charge in [-0.1, -0.05) is 56.3 Å². The summed E-state index contributed by atoms with van der Waals surface area (Å²) in [5.41, 5.74) is 2.99. The van der Waals surface area contributed by atoms with Crippen molar-refractivity contribution in [1.29, 1.82) is 0 Å². The minimum Gasteiger partial charge on any atom is -0.378 e. The van der Waals surface area contributed by atoms with E-state index < -0.39 is 10.0 Å². The van der Waals surface area contributed by atoms with Crippen molar-refractivity contribution >= 4 is 15.7 Å². The number of hydrogen-bond donors (Lipinski definition) is 0. The van der Waals surface area contributed by atoms with Crippen LogP contribution in [0.4, 0.5) is 5.69 Å². The van der Waals surface area contributed by atoms with Crippen molar-refractivity contribution in [3.8, 4) is 0 Å². The van der Waals surface area contributed by atoms with Crippen LogP contribution in [0.1, 0.15) is 37.9 Å². The van der Waals surface area contributed by atoms with Crippen LogP contribution in [0.25, 0.3) is 0 Å². The molecule has 0 aliphatic carbocycles. The first-order chi connectivity index (χ1) is 13.9. The van der Waals surface area contributed by atoms with Gasteiger partial charge in [0.1, 0.15) is 0 Å². The Balaban J connectivity index is 1.80. The topological polar surface area (TPSA) is 49.9 Å². The molecular weight excluding hydrogens is 384 g/mol. The lowest BCUT2D eigenvalue weighted by molar-refractivity contribution is 0.122. The standard InChI is InChI=1S/C23H32N2O3S/c1-19(2)17-25(29(26,27)18-21-7-5-4-6-8-21)20(3)22-9-11-23(12-10-22)24-13-15-28-16-14-24/h4-12,19-20H,13-18H2,1-3H3/t20-/m1/s1. The fourth-order valence-electron chi connectivity index (χ4n) is 3.69. The van der Waals surface area contributed by atoms with Crippen molar-refractivity contribution in [2.24, 2.45) is 5.92 Å². The van der Waals surface area contributed by atoms with E-state index in [0.717, 1.165) is 43.1 Å². The summed E-state index contributed by atoms with van der Waals surface area (Å²) in [5, 5.41) is 0. The Bertz CT molecular complexity index is 861. The Kier molecular flexibility index (Phi) is 7.33. The zero-order valence-electron chi connectivity index (χ0n) is 17.6. The molecule has 0 N–H and O–H groups in total. The first kappa shape index (κ1) is 21.8. The van der Waals surface area contributed by atoms with Crippen LogP contribution in [-0.4, -0.2) is 45.6 Å². The lowest BCUT2D eigenvalue weighted by Gasteiger charge is -2.31. The van der Waals surface area contributed by atoms with Gasteiger partial charge in [-0.25, -0.2) is 8.42 Å². The molecule has 0 bridgehead atoms. The average Bonchev–Trinajstić information content (AvgIpc) is 2.72. The third-order valence-electron chi connectivity index (χ3n) is 5.28. The van der Waals surface area contributed by atoms with Crippen LogP contribution in [0.2, 0.25) is 0 Å². The van der Waals surface area contributed by atoms with Crippen molar-refractivity contribution in [3.63, 3.8) is 0 Å². The number of sulfonamides is 1. The highest BCUT2D eigenvalue weighted by atomic mass is 32.2. The summed E-state index contributed by atoms with van der Waals surface area (Å²) < 4.78 is 33.6. The van der Waals surface area contributed by atoms with Crippen LogP contribution in [0, 0.1) is 5.92 Å². The molecule has 6 heteroatoms. The number of anilines is 1. The molecular formula is C23H32N2O3S. The quantitative estimate of drug-likeness (QED) is 0.651. The summed E-state index contributed by atoms with van der Waals surface area (Å²) in [6, 6.07) is 17.5. The molecule has 0 saturated carbocycles. The minimum atomic E-state index is -3.44. The fraction of sp³-hybridized carbons (Fsp3) is 0.478. The van der Waals surface area contributed by atoms with Gasteiger partial charge in [-0.05, 0) is 36.1 Å². The van der Waals surface area contributed by atoms with Gasteiger partial charge in [0.25, 0.3) is 0 Å². The zero-order chi connectivity index (χ0) is 20.9. The molecule has 1 aliphatic rings. The molecule has 2 aromatic rings. The van der Waals surface area contributed by atoms with Gasteiger partial charge in [-0.15, -0.1) is 0 Å². The third-order valence-corrected chi connectivity index (χ3v) is 7.16. The van der Waals surface area contributed by atoms with Crippen LogP contribution in [0.3, 0.4) is 0 Å². The SMILES string of the molecule is CC(C)CN([C@H](C)c1ccc(N2CCOCC2)cc1)S(=O)(=O)Cc1ccccc1. The first-order valence-electron chi connectivity index (χ1n) is 10.3. The van der Waals surface area contributed by atoms with Gasteiger partial charge in [-0.3, -0.25) is 0 Å². The Labute approximate surface area is 175 Å². The minimum absolute atomic E-state index is 0.0246. The number of morpholine rings is 1. The molecule has 3 rings (SSSR count). The van der Waals surface area contributed by atoms with Crippen LogP contribution in [-0.2, 0) is 20.5 Å². The van der Waals surface area contributed by atoms with Crippen molar-refractivity contribution in [3.05, 3.63) is 65.7 Å². The maximum absolute atomic E-state index is 13.3. The predicted octanol–water partition coefficient (Wildman–Crippen LogP) is 4.07. The first-order valence-corrected chi connectivity index (χ1v) is 11.9. The Morgan fingerprint density at radius 1 is 0.966 bits per heavy atom. The lowest BCUT2D eigenvalue weighted by atomic mass is 10.1. The van der Waals surface area contributed by atoms with Crippen molar-refractivity contribution in [2.75, 3.05) is 37.7 Å². The Morgan fingerprint density at radius 2 is 1.59 bits per heavy atom. The number of rotatable bonds is 8. The highest BCUT2D eigenvalue weighted by Crippen LogP contribution is 2.28. The number of hydrogen-bond acceptors (Lipinski definition) is 4. The van der Waals surface area contributed by atoms with E-state index >= 15 is 0 Å². The van der Waals surface area contributed by atoms with E-state index in [4.69, 9.17) is 4.74 Å². The van der Waals surface area contributed by atoms with Crippen molar-refractivity contribution < 1.29 is 13.2 Å². The molecule has 0 unspecified atom stereocenters. The van der Waals surface area contributed by atoms with Crippen molar-refractivity contribution in [1.82, 2.24) is 4.31 Å². The van der Waals surface area contributed by atoms with Crippen LogP contribution >= 0.6 is 0 Å². The monoisotopic (exact) mass is 416 g/mol. The van der Waals surface area contributed by atoms with E-state index in [9.17, 15) is 8.42 Å². The van der Waals surface area contributed by atoms with Gasteiger partial charge in [0.05, 0.1) is 19.0 Å². The zero-order valence-corrected chi connectivity index (χ0v) is 18.4. The summed E-state index contributed by atoms with van der Waals surface area (Å²) in [6.45, 7) is 9.87. The van der Waals surface area contributed by atoms with E-state index in [2.05, 4.69) is 43.0 Å². The van der Waals surface area contributed by atoms with E-state index in [1.54, 1.807) is 4.31 Å². The van der Waals surface area contributed by atoms with Crippen LogP contribution < -0.4 is 4.90 Å². The van der Waals surface area contributed by atoms with E-state index in [-0.39, 0.29) is 17.7 Å². The highest BCUT2D eigenvalue weighted by molar-refractivity contribution is 7.88. The van der Waals surface area contributed by atoms with Gasteiger partial charge in [-0.2, -0.15) is 4.31 Å². The summed E-state index contributed by atoms with van der Waals surface area (Å²) in [7, 11) is -3.44. The normalized spacial score (nSPS) is 16.4. The molecule has 1 aliphatic heterocycles. The fourth-order valence-corrected chi connectivity index (χ4v) is 5.60. The molecule has 0 aromatic heterocycles. The maximum Gasteiger partial charge on any atom is 0.218 e.